The van der Waals surface area contributed by atoms with Crippen molar-refractivity contribution in [1.29, 1.82) is 0 Å². The molecular formula is C29H22BN3O. The summed E-state index contributed by atoms with van der Waals surface area (Å²) in [6.07, 6.45) is 4.56. The van der Waals surface area contributed by atoms with Gasteiger partial charge in [-0.15, -0.1) is 0 Å². The van der Waals surface area contributed by atoms with E-state index in [2.05, 4.69) is 94.4 Å². The first-order valence-electron chi connectivity index (χ1n) is 12.2. The minimum Gasteiger partial charge on any atom is -0.311 e. The second-order valence-corrected chi connectivity index (χ2v) is 9.61. The van der Waals surface area contributed by atoms with Gasteiger partial charge in [0.05, 0.1) is 16.6 Å². The summed E-state index contributed by atoms with van der Waals surface area (Å²) in [5.74, 6) is 0. The molecule has 2 aliphatic heterocycles. The Morgan fingerprint density at radius 3 is 2.38 bits per heavy atom. The molecule has 4 aromatic carbocycles. The SMILES string of the molecule is O=c1c2ccc3c(c2n2n1-c1cccc4c1B2c1ccccc1N4c1ccccc1)CCCC3. The van der Waals surface area contributed by atoms with Gasteiger partial charge >= 0.3 is 6.85 Å². The van der Waals surface area contributed by atoms with Crippen LogP contribution in [0, 0.1) is 0 Å². The van der Waals surface area contributed by atoms with Crippen molar-refractivity contribution < 1.29 is 0 Å². The highest BCUT2D eigenvalue weighted by Crippen LogP contribution is 2.40. The number of hydrogen-bond acceptors (Lipinski definition) is 2. The van der Waals surface area contributed by atoms with E-state index in [0.29, 0.717) is 0 Å². The normalized spacial score (nSPS) is 15.2. The van der Waals surface area contributed by atoms with E-state index in [-0.39, 0.29) is 12.4 Å². The lowest BCUT2D eigenvalue weighted by Gasteiger charge is -2.35. The molecule has 3 aliphatic rings. The van der Waals surface area contributed by atoms with Gasteiger partial charge in [0.2, 0.25) is 0 Å². The van der Waals surface area contributed by atoms with Crippen LogP contribution in [-0.2, 0) is 12.8 Å². The molecule has 0 saturated carbocycles. The number of rotatable bonds is 1. The van der Waals surface area contributed by atoms with Crippen molar-refractivity contribution in [2.45, 2.75) is 25.7 Å². The summed E-state index contributed by atoms with van der Waals surface area (Å²) in [5.41, 5.74) is 10.9. The summed E-state index contributed by atoms with van der Waals surface area (Å²) in [6, 6.07) is 29.9. The quantitative estimate of drug-likeness (QED) is 0.355. The van der Waals surface area contributed by atoms with Gasteiger partial charge < -0.3 is 9.49 Å². The first-order valence-corrected chi connectivity index (χ1v) is 12.2. The molecule has 5 heteroatoms. The van der Waals surface area contributed by atoms with E-state index >= 15 is 0 Å². The van der Waals surface area contributed by atoms with Crippen LogP contribution in [0.5, 0.6) is 0 Å². The van der Waals surface area contributed by atoms with E-state index in [4.69, 9.17) is 0 Å². The van der Waals surface area contributed by atoms with Crippen LogP contribution < -0.4 is 21.4 Å². The molecule has 1 aromatic heterocycles. The smallest absolute Gasteiger partial charge is 0.311 e. The molecule has 0 saturated heterocycles. The number of fused-ring (bicyclic) bond motifs is 9. The van der Waals surface area contributed by atoms with Gasteiger partial charge in [-0.25, -0.2) is 4.68 Å². The van der Waals surface area contributed by atoms with Crippen LogP contribution in [0.3, 0.4) is 0 Å². The van der Waals surface area contributed by atoms with E-state index in [1.807, 2.05) is 4.68 Å². The van der Waals surface area contributed by atoms with Crippen LogP contribution in [-0.4, -0.2) is 16.1 Å². The highest BCUT2D eigenvalue weighted by molar-refractivity contribution is 6.89. The summed E-state index contributed by atoms with van der Waals surface area (Å²) in [5, 5.41) is 0.847. The number of benzene rings is 4. The van der Waals surface area contributed by atoms with Crippen LogP contribution in [0.25, 0.3) is 16.6 Å². The Labute approximate surface area is 197 Å². The van der Waals surface area contributed by atoms with Crippen molar-refractivity contribution in [1.82, 2.24) is 9.27 Å². The summed E-state index contributed by atoms with van der Waals surface area (Å²) >= 11 is 0. The highest BCUT2D eigenvalue weighted by atomic mass is 16.1. The fourth-order valence-electron chi connectivity index (χ4n) is 6.54. The van der Waals surface area contributed by atoms with E-state index in [1.54, 1.807) is 0 Å². The van der Waals surface area contributed by atoms with Gasteiger partial charge in [-0.3, -0.25) is 4.79 Å². The molecule has 0 amide bonds. The molecule has 0 unspecified atom stereocenters. The van der Waals surface area contributed by atoms with Gasteiger partial charge in [0.1, 0.15) is 0 Å². The summed E-state index contributed by atoms with van der Waals surface area (Å²) in [7, 11) is 0. The Hall–Kier alpha value is -3.99. The number of aryl methyl sites for hydroxylation is 2. The average molecular weight is 439 g/mol. The number of para-hydroxylation sites is 2. The predicted octanol–water partition coefficient (Wildman–Crippen LogP) is 4.42. The van der Waals surface area contributed by atoms with Crippen LogP contribution >= 0.6 is 0 Å². The van der Waals surface area contributed by atoms with Crippen molar-refractivity contribution in [2.75, 3.05) is 4.90 Å². The van der Waals surface area contributed by atoms with Gasteiger partial charge in [-0.2, -0.15) is 0 Å². The van der Waals surface area contributed by atoms with E-state index in [1.165, 1.54) is 40.6 Å². The zero-order valence-corrected chi connectivity index (χ0v) is 18.7. The van der Waals surface area contributed by atoms with Gasteiger partial charge in [-0.05, 0) is 78.7 Å². The molecule has 162 valence electrons. The molecule has 1 aliphatic carbocycles. The second-order valence-electron chi connectivity index (χ2n) is 9.61. The van der Waals surface area contributed by atoms with Crippen molar-refractivity contribution in [3.8, 4) is 5.69 Å². The minimum atomic E-state index is -0.0130. The Morgan fingerprint density at radius 1 is 0.706 bits per heavy atom. The molecule has 0 atom stereocenters. The summed E-state index contributed by atoms with van der Waals surface area (Å²) in [6.45, 7) is -0.0130. The number of hydrogen-bond donors (Lipinski definition) is 0. The third-order valence-electron chi connectivity index (χ3n) is 7.90. The van der Waals surface area contributed by atoms with Gasteiger partial charge in [0, 0.05) is 22.5 Å². The van der Waals surface area contributed by atoms with Gasteiger partial charge in [-0.1, -0.05) is 48.5 Å². The maximum Gasteiger partial charge on any atom is 0.353 e. The largest absolute Gasteiger partial charge is 0.353 e. The molecule has 0 fully saturated rings. The zero-order chi connectivity index (χ0) is 22.4. The van der Waals surface area contributed by atoms with Gasteiger partial charge in [0.25, 0.3) is 5.56 Å². The van der Waals surface area contributed by atoms with Crippen molar-refractivity contribution >= 4 is 45.7 Å². The Morgan fingerprint density at radius 2 is 1.47 bits per heavy atom. The molecule has 8 rings (SSSR count). The highest BCUT2D eigenvalue weighted by Gasteiger charge is 2.45. The van der Waals surface area contributed by atoms with Crippen molar-refractivity contribution in [2.24, 2.45) is 0 Å². The monoisotopic (exact) mass is 439 g/mol. The third-order valence-corrected chi connectivity index (χ3v) is 7.90. The molecular weight excluding hydrogens is 417 g/mol. The summed E-state index contributed by atoms with van der Waals surface area (Å²) < 4.78 is 4.27. The van der Waals surface area contributed by atoms with Crippen molar-refractivity contribution in [3.63, 3.8) is 0 Å². The lowest BCUT2D eigenvalue weighted by Crippen LogP contribution is -2.52. The van der Waals surface area contributed by atoms with E-state index in [0.717, 1.165) is 40.8 Å². The number of nitrogens with zero attached hydrogens (tertiary/aromatic N) is 3. The topological polar surface area (TPSA) is 30.2 Å². The van der Waals surface area contributed by atoms with E-state index < -0.39 is 0 Å². The lowest BCUT2D eigenvalue weighted by molar-refractivity contribution is 0.686. The predicted molar refractivity (Wildman–Crippen MR) is 139 cm³/mol. The van der Waals surface area contributed by atoms with Crippen molar-refractivity contribution in [3.05, 3.63) is 106 Å². The molecule has 34 heavy (non-hydrogen) atoms. The molecule has 0 radical (unpaired) electrons. The van der Waals surface area contributed by atoms with Crippen LogP contribution in [0.2, 0.25) is 0 Å². The first-order chi connectivity index (χ1) is 16.8. The Balaban J connectivity index is 1.52. The average Bonchev–Trinajstić information content (AvgIpc) is 3.39. The lowest BCUT2D eigenvalue weighted by atomic mass is 9.48. The second kappa shape index (κ2) is 6.54. The summed E-state index contributed by atoms with van der Waals surface area (Å²) in [4.78, 5) is 16.2. The van der Waals surface area contributed by atoms with E-state index in [9.17, 15) is 4.79 Å². The maximum absolute atomic E-state index is 13.9. The Kier molecular flexibility index (Phi) is 3.55. The fourth-order valence-corrected chi connectivity index (χ4v) is 6.54. The van der Waals surface area contributed by atoms with Crippen LogP contribution in [0.15, 0.2) is 89.7 Å². The first kappa shape index (κ1) is 18.4. The molecule has 4 nitrogen and oxygen atoms in total. The number of anilines is 3. The van der Waals surface area contributed by atoms with Gasteiger partial charge in [0.15, 0.2) is 0 Å². The third kappa shape index (κ3) is 2.17. The molecule has 0 N–H and O–H groups in total. The fraction of sp³-hybridized carbons (Fsp3) is 0.138. The number of aromatic nitrogens is 2. The van der Waals surface area contributed by atoms with Crippen LogP contribution in [0.4, 0.5) is 17.1 Å². The molecule has 0 bridgehead atoms. The standard InChI is InChI=1S/C29H22BN3O/c34-29-22-18-17-19-9-4-5-12-21(19)28(22)33-30-23-13-6-7-14-24(23)31(20-10-2-1-3-11-20)25-15-8-16-26(27(25)30)32(29)33/h1-3,6-8,10-11,13-18H,4-5,9,12H2. The molecule has 0 spiro atoms. The Bertz CT molecular complexity index is 1700. The molecule has 5 aromatic rings. The zero-order valence-electron chi connectivity index (χ0n) is 18.7. The molecule has 3 heterocycles. The maximum atomic E-state index is 13.9. The minimum absolute atomic E-state index is 0.0130. The van der Waals surface area contributed by atoms with Crippen LogP contribution in [0.1, 0.15) is 24.0 Å².